The topological polar surface area (TPSA) is 3.24 Å². The largest absolute Gasteiger partial charge is 0.306 e. The zero-order valence-electron chi connectivity index (χ0n) is 7.56. The van der Waals surface area contributed by atoms with Gasteiger partial charge in [-0.1, -0.05) is 20.3 Å². The highest BCUT2D eigenvalue weighted by atomic mass is 15.1. The summed E-state index contributed by atoms with van der Waals surface area (Å²) in [5.41, 5.74) is 0. The quantitative estimate of drug-likeness (QED) is 0.463. The molecule has 1 aliphatic heterocycles. The fourth-order valence-electron chi connectivity index (χ4n) is 1.05. The van der Waals surface area contributed by atoms with E-state index in [9.17, 15) is 0 Å². The number of nitrogens with zero attached hydrogens (tertiary/aromatic N) is 1. The van der Waals surface area contributed by atoms with Crippen molar-refractivity contribution in [3.05, 3.63) is 0 Å². The Balaban J connectivity index is 0. The lowest BCUT2D eigenvalue weighted by molar-refractivity contribution is 0.277. The van der Waals surface area contributed by atoms with Crippen molar-refractivity contribution in [2.45, 2.75) is 33.1 Å². The van der Waals surface area contributed by atoms with Gasteiger partial charge in [-0.25, -0.2) is 0 Å². The Morgan fingerprint density at radius 3 is 1.50 bits per heavy atom. The molecule has 2 heteroatoms. The maximum Gasteiger partial charge on any atom is 0 e. The van der Waals surface area contributed by atoms with Crippen LogP contribution in [-0.4, -0.2) is 33.5 Å². The zero-order valence-corrected chi connectivity index (χ0v) is 7.56. The molecule has 1 aliphatic rings. The summed E-state index contributed by atoms with van der Waals surface area (Å²) in [6.07, 6.45) is 4.28. The van der Waals surface area contributed by atoms with Gasteiger partial charge in [-0.15, -0.1) is 0 Å². The van der Waals surface area contributed by atoms with Gasteiger partial charge in [0, 0.05) is 8.41 Å². The van der Waals surface area contributed by atoms with Gasteiger partial charge in [-0.2, -0.15) is 0 Å². The average molecular weight is 140 g/mol. The monoisotopic (exact) mass is 140 g/mol. The summed E-state index contributed by atoms with van der Waals surface area (Å²) in [6, 6.07) is 0. The molecule has 1 heterocycles. The van der Waals surface area contributed by atoms with Crippen LogP contribution in [0.3, 0.4) is 0 Å². The number of piperidine rings is 1. The number of hydrogen-bond donors (Lipinski definition) is 0. The third-order valence-electron chi connectivity index (χ3n) is 1.58. The Kier molecular flexibility index (Phi) is 11.4. The van der Waals surface area contributed by atoms with Crippen molar-refractivity contribution in [3.8, 4) is 0 Å². The Labute approximate surface area is 67.4 Å². The molecule has 10 heavy (non-hydrogen) atoms. The van der Waals surface area contributed by atoms with Crippen LogP contribution in [0.25, 0.3) is 0 Å². The molecule has 1 nitrogen and oxygen atoms in total. The van der Waals surface area contributed by atoms with Gasteiger partial charge < -0.3 is 4.90 Å². The molecular formula is C8H19BN. The van der Waals surface area contributed by atoms with E-state index >= 15 is 0 Å². The highest BCUT2D eigenvalue weighted by molar-refractivity contribution is 5.75. The summed E-state index contributed by atoms with van der Waals surface area (Å²) in [6.45, 7) is 6.64. The predicted octanol–water partition coefficient (Wildman–Crippen LogP) is 1.75. The molecule has 0 aliphatic carbocycles. The van der Waals surface area contributed by atoms with E-state index in [1.807, 2.05) is 13.8 Å². The van der Waals surface area contributed by atoms with Crippen molar-refractivity contribution < 1.29 is 0 Å². The van der Waals surface area contributed by atoms with Crippen molar-refractivity contribution in [1.29, 1.82) is 0 Å². The minimum atomic E-state index is 0. The van der Waals surface area contributed by atoms with Gasteiger partial charge in [0.1, 0.15) is 0 Å². The summed E-state index contributed by atoms with van der Waals surface area (Å²) in [5, 5.41) is 0. The number of rotatable bonds is 0. The van der Waals surface area contributed by atoms with E-state index in [4.69, 9.17) is 0 Å². The maximum absolute atomic E-state index is 2.39. The van der Waals surface area contributed by atoms with E-state index in [0.29, 0.717) is 0 Å². The molecule has 59 valence electrons. The van der Waals surface area contributed by atoms with Crippen LogP contribution in [0.1, 0.15) is 33.1 Å². The molecule has 0 aromatic heterocycles. The fraction of sp³-hybridized carbons (Fsp3) is 1.00. The average Bonchev–Trinajstić information content (AvgIpc) is 1.94. The Morgan fingerprint density at radius 1 is 0.900 bits per heavy atom. The molecule has 0 N–H and O–H groups in total. The van der Waals surface area contributed by atoms with Crippen LogP contribution >= 0.6 is 0 Å². The minimum absolute atomic E-state index is 0. The molecule has 1 rings (SSSR count). The summed E-state index contributed by atoms with van der Waals surface area (Å²) >= 11 is 0. The van der Waals surface area contributed by atoms with Crippen molar-refractivity contribution in [2.24, 2.45) is 0 Å². The fourth-order valence-corrected chi connectivity index (χ4v) is 1.05. The first kappa shape index (κ1) is 12.7. The minimum Gasteiger partial charge on any atom is -0.306 e. The molecule has 0 unspecified atom stereocenters. The molecule has 0 bridgehead atoms. The van der Waals surface area contributed by atoms with E-state index in [1.54, 1.807) is 0 Å². The van der Waals surface area contributed by atoms with Gasteiger partial charge in [0.2, 0.25) is 0 Å². The van der Waals surface area contributed by atoms with Crippen molar-refractivity contribution in [2.75, 3.05) is 20.1 Å². The molecule has 0 aromatic carbocycles. The summed E-state index contributed by atoms with van der Waals surface area (Å²) in [4.78, 5) is 2.39. The summed E-state index contributed by atoms with van der Waals surface area (Å²) < 4.78 is 0. The highest BCUT2D eigenvalue weighted by Crippen LogP contribution is 2.04. The second-order valence-electron chi connectivity index (χ2n) is 2.36. The van der Waals surface area contributed by atoms with E-state index in [1.165, 1.54) is 32.4 Å². The molecule has 0 aromatic rings. The Morgan fingerprint density at radius 2 is 1.30 bits per heavy atom. The normalized spacial score (nSPS) is 18.3. The third-order valence-corrected chi connectivity index (χ3v) is 1.58. The first-order valence-corrected chi connectivity index (χ1v) is 4.08. The lowest BCUT2D eigenvalue weighted by Crippen LogP contribution is -2.24. The van der Waals surface area contributed by atoms with Crippen molar-refractivity contribution >= 4 is 8.41 Å². The van der Waals surface area contributed by atoms with Crippen LogP contribution in [0.2, 0.25) is 0 Å². The lowest BCUT2D eigenvalue weighted by Gasteiger charge is -2.20. The SMILES string of the molecule is CC.CN1CCCCC1.[B]. The Hall–Kier alpha value is 0.0249. The summed E-state index contributed by atoms with van der Waals surface area (Å²) in [7, 11) is 2.19. The van der Waals surface area contributed by atoms with Gasteiger partial charge >= 0.3 is 0 Å². The van der Waals surface area contributed by atoms with Crippen LogP contribution in [0.15, 0.2) is 0 Å². The van der Waals surface area contributed by atoms with E-state index < -0.39 is 0 Å². The predicted molar refractivity (Wildman–Crippen MR) is 48.5 cm³/mol. The highest BCUT2D eigenvalue weighted by Gasteiger charge is 2.02. The lowest BCUT2D eigenvalue weighted by atomic mass is 10.1. The molecule has 0 saturated carbocycles. The van der Waals surface area contributed by atoms with Crippen LogP contribution in [0.5, 0.6) is 0 Å². The van der Waals surface area contributed by atoms with Crippen LogP contribution < -0.4 is 0 Å². The van der Waals surface area contributed by atoms with E-state index in [0.717, 1.165) is 0 Å². The maximum atomic E-state index is 2.39. The van der Waals surface area contributed by atoms with Gasteiger partial charge in [0.05, 0.1) is 0 Å². The molecule has 0 spiro atoms. The van der Waals surface area contributed by atoms with E-state index in [2.05, 4.69) is 11.9 Å². The number of likely N-dealkylation sites (tertiary alicyclic amines) is 1. The number of hydrogen-bond acceptors (Lipinski definition) is 1. The van der Waals surface area contributed by atoms with Gasteiger partial charge in [-0.05, 0) is 33.0 Å². The van der Waals surface area contributed by atoms with Gasteiger partial charge in [0.15, 0.2) is 0 Å². The Bertz CT molecular complexity index is 51.2. The zero-order chi connectivity index (χ0) is 7.11. The first-order chi connectivity index (χ1) is 4.39. The molecule has 3 radical (unpaired) electrons. The molecule has 0 amide bonds. The first-order valence-electron chi connectivity index (χ1n) is 4.08. The molecule has 1 fully saturated rings. The van der Waals surface area contributed by atoms with Gasteiger partial charge in [0.25, 0.3) is 0 Å². The smallest absolute Gasteiger partial charge is 0 e. The van der Waals surface area contributed by atoms with Crippen LogP contribution in [-0.2, 0) is 0 Å². The van der Waals surface area contributed by atoms with Crippen LogP contribution in [0, 0.1) is 0 Å². The van der Waals surface area contributed by atoms with Crippen molar-refractivity contribution in [3.63, 3.8) is 0 Å². The summed E-state index contributed by atoms with van der Waals surface area (Å²) in [5.74, 6) is 0. The van der Waals surface area contributed by atoms with Gasteiger partial charge in [-0.3, -0.25) is 0 Å². The van der Waals surface area contributed by atoms with Crippen molar-refractivity contribution in [1.82, 2.24) is 4.90 Å². The standard InChI is InChI=1S/C6H13N.C2H6.B/c1-7-5-3-2-4-6-7;1-2;/h2-6H2,1H3;1-2H3;. The molecular weight excluding hydrogens is 121 g/mol. The second-order valence-corrected chi connectivity index (χ2v) is 2.36. The molecule has 0 atom stereocenters. The van der Waals surface area contributed by atoms with E-state index in [-0.39, 0.29) is 8.41 Å². The third kappa shape index (κ3) is 6.15. The second kappa shape index (κ2) is 9.02. The molecule has 1 saturated heterocycles. The van der Waals surface area contributed by atoms with Crippen LogP contribution in [0.4, 0.5) is 0 Å².